The van der Waals surface area contributed by atoms with Crippen molar-refractivity contribution < 1.29 is 19.1 Å². The lowest BCUT2D eigenvalue weighted by atomic mass is 10.1. The molecule has 26 heavy (non-hydrogen) atoms. The zero-order valence-electron chi connectivity index (χ0n) is 14.5. The fourth-order valence-electron chi connectivity index (χ4n) is 2.72. The van der Waals surface area contributed by atoms with Crippen LogP contribution in [0.2, 0.25) is 0 Å². The number of pyridine rings is 1. The molecule has 1 fully saturated rings. The second-order valence-electron chi connectivity index (χ2n) is 5.69. The van der Waals surface area contributed by atoms with E-state index in [1.807, 2.05) is 24.5 Å². The smallest absolute Gasteiger partial charge is 0.342 e. The first-order valence-corrected chi connectivity index (χ1v) is 9.54. The lowest BCUT2D eigenvalue weighted by Gasteiger charge is -2.30. The number of carbonyl (C=O) groups is 2. The van der Waals surface area contributed by atoms with E-state index in [1.165, 1.54) is 11.8 Å². The van der Waals surface area contributed by atoms with Crippen molar-refractivity contribution in [3.63, 3.8) is 0 Å². The van der Waals surface area contributed by atoms with Gasteiger partial charge in [-0.2, -0.15) is 0 Å². The molecule has 3 rings (SSSR count). The van der Waals surface area contributed by atoms with E-state index in [0.29, 0.717) is 42.5 Å². The molecule has 1 amide bonds. The molecule has 2 heterocycles. The molecule has 136 valence electrons. The number of nitrogens with zero attached hydrogens (tertiary/aromatic N) is 2. The number of rotatable bonds is 5. The topological polar surface area (TPSA) is 68.7 Å². The third-order valence-electron chi connectivity index (χ3n) is 4.06. The lowest BCUT2D eigenvalue weighted by molar-refractivity contribution is -0.145. The van der Waals surface area contributed by atoms with Crippen molar-refractivity contribution >= 4 is 23.6 Å². The number of thioether (sulfide) groups is 1. The Morgan fingerprint density at radius 2 is 1.88 bits per heavy atom. The standard InChI is InChI=1S/C19H20N2O4S/c1-26-17-15(8-5-9-20-17)19(23)25-16(14-6-3-2-4-7-14)18(22)21-10-12-24-13-11-21/h2-9,16H,10-13H2,1H3/t16-/m0/s1. The molecule has 1 aliphatic rings. The fraction of sp³-hybridized carbons (Fsp3) is 0.316. The van der Waals surface area contributed by atoms with E-state index >= 15 is 0 Å². The Bertz CT molecular complexity index is 763. The van der Waals surface area contributed by atoms with Gasteiger partial charge in [0.1, 0.15) is 5.03 Å². The Kier molecular flexibility index (Phi) is 6.25. The molecule has 0 unspecified atom stereocenters. The van der Waals surface area contributed by atoms with Gasteiger partial charge in [-0.25, -0.2) is 9.78 Å². The third-order valence-corrected chi connectivity index (χ3v) is 4.77. The summed E-state index contributed by atoms with van der Waals surface area (Å²) in [4.78, 5) is 31.6. The van der Waals surface area contributed by atoms with E-state index in [0.717, 1.165) is 0 Å². The zero-order valence-corrected chi connectivity index (χ0v) is 15.3. The van der Waals surface area contributed by atoms with Gasteiger partial charge >= 0.3 is 5.97 Å². The fourth-order valence-corrected chi connectivity index (χ4v) is 3.26. The van der Waals surface area contributed by atoms with Crippen LogP contribution < -0.4 is 0 Å². The molecule has 7 heteroatoms. The molecule has 0 bridgehead atoms. The maximum absolute atomic E-state index is 13.0. The van der Waals surface area contributed by atoms with E-state index in [4.69, 9.17) is 9.47 Å². The molecule has 2 aromatic rings. The number of aromatic nitrogens is 1. The largest absolute Gasteiger partial charge is 0.444 e. The van der Waals surface area contributed by atoms with Gasteiger partial charge < -0.3 is 14.4 Å². The summed E-state index contributed by atoms with van der Waals surface area (Å²) in [5, 5.41) is 0.572. The van der Waals surface area contributed by atoms with Gasteiger partial charge in [-0.15, -0.1) is 11.8 Å². The minimum absolute atomic E-state index is 0.234. The normalized spacial score (nSPS) is 15.3. The summed E-state index contributed by atoms with van der Waals surface area (Å²) < 4.78 is 11.0. The Morgan fingerprint density at radius 3 is 2.58 bits per heavy atom. The number of hydrogen-bond donors (Lipinski definition) is 0. The first-order valence-electron chi connectivity index (χ1n) is 8.32. The number of carbonyl (C=O) groups excluding carboxylic acids is 2. The van der Waals surface area contributed by atoms with Crippen LogP contribution in [0.15, 0.2) is 53.7 Å². The van der Waals surface area contributed by atoms with Crippen LogP contribution >= 0.6 is 11.8 Å². The average molecular weight is 372 g/mol. The van der Waals surface area contributed by atoms with Gasteiger partial charge in [-0.3, -0.25) is 4.79 Å². The highest BCUT2D eigenvalue weighted by molar-refractivity contribution is 7.98. The van der Waals surface area contributed by atoms with Gasteiger partial charge in [-0.1, -0.05) is 30.3 Å². The molecule has 6 nitrogen and oxygen atoms in total. The molecule has 0 radical (unpaired) electrons. The summed E-state index contributed by atoms with van der Waals surface area (Å²) in [6, 6.07) is 12.4. The number of amides is 1. The first kappa shape index (κ1) is 18.4. The van der Waals surface area contributed by atoms with Crippen LogP contribution in [-0.4, -0.2) is 54.3 Å². The van der Waals surface area contributed by atoms with Crippen molar-refractivity contribution in [3.05, 3.63) is 59.8 Å². The SMILES string of the molecule is CSc1ncccc1C(=O)O[C@H](C(=O)N1CCOCC1)c1ccccc1. The molecule has 1 saturated heterocycles. The Morgan fingerprint density at radius 1 is 1.15 bits per heavy atom. The lowest BCUT2D eigenvalue weighted by Crippen LogP contribution is -2.44. The highest BCUT2D eigenvalue weighted by Gasteiger charge is 2.31. The molecule has 1 atom stereocenters. The van der Waals surface area contributed by atoms with Crippen LogP contribution in [0.3, 0.4) is 0 Å². The van der Waals surface area contributed by atoms with Gasteiger partial charge in [0.2, 0.25) is 6.10 Å². The Hall–Kier alpha value is -2.38. The second kappa shape index (κ2) is 8.82. The summed E-state index contributed by atoms with van der Waals surface area (Å²) >= 11 is 1.36. The molecule has 1 aromatic carbocycles. The summed E-state index contributed by atoms with van der Waals surface area (Å²) in [5.74, 6) is -0.791. The number of morpholine rings is 1. The number of ether oxygens (including phenoxy) is 2. The van der Waals surface area contributed by atoms with Crippen LogP contribution in [0.4, 0.5) is 0 Å². The van der Waals surface area contributed by atoms with Gasteiger partial charge in [0.15, 0.2) is 0 Å². The summed E-state index contributed by atoms with van der Waals surface area (Å²) in [6.07, 6.45) is 2.47. The summed E-state index contributed by atoms with van der Waals surface area (Å²) in [7, 11) is 0. The van der Waals surface area contributed by atoms with Crippen LogP contribution in [0.5, 0.6) is 0 Å². The highest BCUT2D eigenvalue weighted by Crippen LogP contribution is 2.25. The van der Waals surface area contributed by atoms with Crippen molar-refractivity contribution in [2.75, 3.05) is 32.6 Å². The molecule has 0 saturated carbocycles. The van der Waals surface area contributed by atoms with Crippen LogP contribution in [0.1, 0.15) is 22.0 Å². The summed E-state index contributed by atoms with van der Waals surface area (Å²) in [5.41, 5.74) is 1.00. The van der Waals surface area contributed by atoms with Crippen molar-refractivity contribution in [2.45, 2.75) is 11.1 Å². The van der Waals surface area contributed by atoms with Crippen LogP contribution in [0.25, 0.3) is 0 Å². The maximum Gasteiger partial charge on any atom is 0.342 e. The highest BCUT2D eigenvalue weighted by atomic mass is 32.2. The monoisotopic (exact) mass is 372 g/mol. The van der Waals surface area contributed by atoms with Crippen LogP contribution in [-0.2, 0) is 14.3 Å². The predicted octanol–water partition coefficient (Wildman–Crippen LogP) is 2.56. The van der Waals surface area contributed by atoms with E-state index in [-0.39, 0.29) is 5.91 Å². The van der Waals surface area contributed by atoms with Crippen LogP contribution in [0, 0.1) is 0 Å². The first-order chi connectivity index (χ1) is 12.7. The van der Waals surface area contributed by atoms with Gasteiger partial charge in [0, 0.05) is 24.8 Å². The molecular formula is C19H20N2O4S. The number of hydrogen-bond acceptors (Lipinski definition) is 6. The van der Waals surface area contributed by atoms with Gasteiger partial charge in [0.25, 0.3) is 5.91 Å². The molecule has 0 N–H and O–H groups in total. The molecule has 1 aromatic heterocycles. The Labute approximate surface area is 156 Å². The van der Waals surface area contributed by atoms with E-state index in [1.54, 1.807) is 35.4 Å². The minimum atomic E-state index is -0.989. The molecule has 0 spiro atoms. The zero-order chi connectivity index (χ0) is 18.4. The van der Waals surface area contributed by atoms with Gasteiger partial charge in [-0.05, 0) is 18.4 Å². The maximum atomic E-state index is 13.0. The second-order valence-corrected chi connectivity index (χ2v) is 6.49. The predicted molar refractivity (Wildman–Crippen MR) is 98.0 cm³/mol. The number of esters is 1. The van der Waals surface area contributed by atoms with Crippen molar-refractivity contribution in [3.8, 4) is 0 Å². The van der Waals surface area contributed by atoms with Crippen molar-refractivity contribution in [1.82, 2.24) is 9.88 Å². The summed E-state index contributed by atoms with van der Waals surface area (Å²) in [6.45, 7) is 1.95. The quantitative estimate of drug-likeness (QED) is 0.594. The van der Waals surface area contributed by atoms with E-state index in [9.17, 15) is 9.59 Å². The minimum Gasteiger partial charge on any atom is -0.444 e. The third kappa shape index (κ3) is 4.23. The Balaban J connectivity index is 1.86. The van der Waals surface area contributed by atoms with Gasteiger partial charge in [0.05, 0.1) is 18.8 Å². The molecule has 1 aliphatic heterocycles. The molecular weight excluding hydrogens is 352 g/mol. The average Bonchev–Trinajstić information content (AvgIpc) is 2.72. The molecule has 0 aliphatic carbocycles. The van der Waals surface area contributed by atoms with Crippen molar-refractivity contribution in [2.24, 2.45) is 0 Å². The number of benzene rings is 1. The van der Waals surface area contributed by atoms with Crippen molar-refractivity contribution in [1.29, 1.82) is 0 Å². The van der Waals surface area contributed by atoms with E-state index < -0.39 is 12.1 Å². The van der Waals surface area contributed by atoms with E-state index in [2.05, 4.69) is 4.98 Å².